The van der Waals surface area contributed by atoms with E-state index >= 15 is 0 Å². The maximum Gasteiger partial charge on any atom is 0.134 e. The number of aromatic nitrogens is 3. The van der Waals surface area contributed by atoms with Gasteiger partial charge in [0.25, 0.3) is 0 Å². The zero-order valence-electron chi connectivity index (χ0n) is 13.2. The number of pyridine rings is 1. The Morgan fingerprint density at radius 3 is 2.68 bits per heavy atom. The van der Waals surface area contributed by atoms with Gasteiger partial charge in [-0.2, -0.15) is 5.26 Å². The van der Waals surface area contributed by atoms with Gasteiger partial charge in [-0.1, -0.05) is 24.3 Å². The van der Waals surface area contributed by atoms with E-state index in [1.54, 1.807) is 18.3 Å². The summed E-state index contributed by atoms with van der Waals surface area (Å²) >= 11 is 0. The zero-order valence-corrected chi connectivity index (χ0v) is 13.2. The first-order valence-corrected chi connectivity index (χ1v) is 7.76. The molecule has 0 fully saturated rings. The third kappa shape index (κ3) is 3.01. The van der Waals surface area contributed by atoms with Crippen molar-refractivity contribution in [2.75, 3.05) is 5.32 Å². The summed E-state index contributed by atoms with van der Waals surface area (Å²) in [7, 11) is 0. The minimum atomic E-state index is 0.625. The average molecular weight is 323 g/mol. The van der Waals surface area contributed by atoms with E-state index in [-0.39, 0.29) is 0 Å². The smallest absolute Gasteiger partial charge is 0.134 e. The second-order valence-corrected chi connectivity index (χ2v) is 5.51. The highest BCUT2D eigenvalue weighted by molar-refractivity contribution is 5.94. The summed E-state index contributed by atoms with van der Waals surface area (Å²) in [4.78, 5) is 12.8. The summed E-state index contributed by atoms with van der Waals surface area (Å²) in [5.41, 5.74) is 3.32. The summed E-state index contributed by atoms with van der Waals surface area (Å²) in [6.45, 7) is 0. The van der Waals surface area contributed by atoms with Crippen molar-refractivity contribution in [2.24, 2.45) is 0 Å². The van der Waals surface area contributed by atoms with Crippen LogP contribution in [0.4, 0.5) is 11.5 Å². The molecule has 25 heavy (non-hydrogen) atoms. The van der Waals surface area contributed by atoms with Gasteiger partial charge in [0.15, 0.2) is 0 Å². The molecule has 4 rings (SSSR count). The van der Waals surface area contributed by atoms with Crippen molar-refractivity contribution >= 4 is 22.3 Å². The van der Waals surface area contributed by atoms with Crippen LogP contribution in [0.15, 0.2) is 73.3 Å². The average Bonchev–Trinajstić information content (AvgIpc) is 2.69. The molecule has 0 spiro atoms. The minimum absolute atomic E-state index is 0.625. The van der Waals surface area contributed by atoms with Crippen molar-refractivity contribution in [3.8, 4) is 17.3 Å². The molecule has 0 saturated heterocycles. The molecule has 0 amide bonds. The largest absolute Gasteiger partial charge is 0.340 e. The van der Waals surface area contributed by atoms with E-state index in [1.165, 1.54) is 6.33 Å². The molecular formula is C20H13N5. The monoisotopic (exact) mass is 323 g/mol. The van der Waals surface area contributed by atoms with Crippen LogP contribution in [0.1, 0.15) is 5.56 Å². The Balaban J connectivity index is 1.68. The molecule has 0 aliphatic heterocycles. The van der Waals surface area contributed by atoms with Crippen LogP contribution < -0.4 is 5.32 Å². The van der Waals surface area contributed by atoms with Crippen LogP contribution >= 0.6 is 0 Å². The second kappa shape index (κ2) is 6.38. The fourth-order valence-electron chi connectivity index (χ4n) is 2.67. The Labute approximate surface area is 144 Å². The van der Waals surface area contributed by atoms with Crippen molar-refractivity contribution in [2.45, 2.75) is 0 Å². The number of nitriles is 1. The third-order valence-electron chi connectivity index (χ3n) is 3.92. The lowest BCUT2D eigenvalue weighted by atomic mass is 10.1. The SMILES string of the molecule is N#Cc1ccc(-c2cc(Nc3cccc4cnccc34)ncn2)cc1. The van der Waals surface area contributed by atoms with E-state index in [9.17, 15) is 0 Å². The van der Waals surface area contributed by atoms with Gasteiger partial charge in [0.2, 0.25) is 0 Å². The van der Waals surface area contributed by atoms with E-state index in [0.717, 1.165) is 27.7 Å². The molecule has 0 bridgehead atoms. The minimum Gasteiger partial charge on any atom is -0.340 e. The number of fused-ring (bicyclic) bond motifs is 1. The van der Waals surface area contributed by atoms with Crippen LogP contribution in [-0.2, 0) is 0 Å². The number of hydrogen-bond acceptors (Lipinski definition) is 5. The van der Waals surface area contributed by atoms with Gasteiger partial charge in [-0.25, -0.2) is 9.97 Å². The Morgan fingerprint density at radius 2 is 1.84 bits per heavy atom. The first-order valence-electron chi connectivity index (χ1n) is 7.76. The number of benzene rings is 2. The molecule has 4 aromatic rings. The molecule has 2 heterocycles. The van der Waals surface area contributed by atoms with Gasteiger partial charge < -0.3 is 5.32 Å². The fourth-order valence-corrected chi connectivity index (χ4v) is 2.67. The second-order valence-electron chi connectivity index (χ2n) is 5.51. The van der Waals surface area contributed by atoms with Gasteiger partial charge >= 0.3 is 0 Å². The van der Waals surface area contributed by atoms with E-state index in [1.807, 2.05) is 48.7 Å². The molecule has 118 valence electrons. The summed E-state index contributed by atoms with van der Waals surface area (Å²) in [6, 6.07) is 19.3. The molecule has 0 saturated carbocycles. The van der Waals surface area contributed by atoms with Gasteiger partial charge in [0.1, 0.15) is 12.1 Å². The quantitative estimate of drug-likeness (QED) is 0.608. The first-order chi connectivity index (χ1) is 12.3. The molecule has 0 radical (unpaired) electrons. The zero-order chi connectivity index (χ0) is 17.1. The highest BCUT2D eigenvalue weighted by Gasteiger charge is 2.05. The van der Waals surface area contributed by atoms with Crippen LogP contribution in [-0.4, -0.2) is 15.0 Å². The van der Waals surface area contributed by atoms with E-state index < -0.39 is 0 Å². The topological polar surface area (TPSA) is 74.5 Å². The highest BCUT2D eigenvalue weighted by atomic mass is 15.0. The number of nitrogens with zero attached hydrogens (tertiary/aromatic N) is 4. The van der Waals surface area contributed by atoms with Gasteiger partial charge in [0, 0.05) is 40.5 Å². The predicted molar refractivity (Wildman–Crippen MR) is 97.2 cm³/mol. The van der Waals surface area contributed by atoms with Crippen LogP contribution in [0.2, 0.25) is 0 Å². The maximum absolute atomic E-state index is 8.90. The van der Waals surface area contributed by atoms with Gasteiger partial charge in [-0.15, -0.1) is 0 Å². The van der Waals surface area contributed by atoms with Crippen molar-refractivity contribution in [3.05, 3.63) is 78.9 Å². The normalized spacial score (nSPS) is 10.4. The number of anilines is 2. The molecule has 0 aliphatic rings. The lowest BCUT2D eigenvalue weighted by molar-refractivity contribution is 1.17. The number of nitrogens with one attached hydrogen (secondary N) is 1. The molecule has 2 aromatic heterocycles. The van der Waals surface area contributed by atoms with Gasteiger partial charge in [-0.05, 0) is 24.3 Å². The van der Waals surface area contributed by atoms with Crippen molar-refractivity contribution in [3.63, 3.8) is 0 Å². The summed E-state index contributed by atoms with van der Waals surface area (Å²) < 4.78 is 0. The molecule has 0 atom stereocenters. The van der Waals surface area contributed by atoms with Crippen LogP contribution in [0.25, 0.3) is 22.0 Å². The predicted octanol–water partition coefficient (Wildman–Crippen LogP) is 4.31. The summed E-state index contributed by atoms with van der Waals surface area (Å²) in [5, 5.41) is 14.4. The first kappa shape index (κ1) is 14.8. The molecule has 5 nitrogen and oxygen atoms in total. The Hall–Kier alpha value is -3.78. The van der Waals surface area contributed by atoms with Crippen LogP contribution in [0.3, 0.4) is 0 Å². The molecule has 0 aliphatic carbocycles. The van der Waals surface area contributed by atoms with E-state index in [2.05, 4.69) is 26.3 Å². The standard InChI is InChI=1S/C20H13N5/c21-11-14-4-6-15(7-5-14)19-10-20(24-13-23-19)25-18-3-1-2-16-12-22-9-8-17(16)18/h1-10,12-13H,(H,23,24,25). The molecule has 5 heteroatoms. The maximum atomic E-state index is 8.90. The van der Waals surface area contributed by atoms with Gasteiger partial charge in [-0.3, -0.25) is 4.98 Å². The van der Waals surface area contributed by atoms with Gasteiger partial charge in [0.05, 0.1) is 17.3 Å². The Kier molecular flexibility index (Phi) is 3.77. The molecule has 2 aromatic carbocycles. The lowest BCUT2D eigenvalue weighted by Gasteiger charge is -2.10. The lowest BCUT2D eigenvalue weighted by Crippen LogP contribution is -1.96. The van der Waals surface area contributed by atoms with Crippen molar-refractivity contribution < 1.29 is 0 Å². The van der Waals surface area contributed by atoms with E-state index in [0.29, 0.717) is 11.4 Å². The summed E-state index contributed by atoms with van der Waals surface area (Å²) in [6.07, 6.45) is 5.14. The summed E-state index contributed by atoms with van der Waals surface area (Å²) in [5.74, 6) is 0.707. The van der Waals surface area contributed by atoms with E-state index in [4.69, 9.17) is 5.26 Å². The Morgan fingerprint density at radius 1 is 0.960 bits per heavy atom. The molecule has 1 N–H and O–H groups in total. The molecule has 0 unspecified atom stereocenters. The van der Waals surface area contributed by atoms with Crippen LogP contribution in [0.5, 0.6) is 0 Å². The molecular weight excluding hydrogens is 310 g/mol. The highest BCUT2D eigenvalue weighted by Crippen LogP contribution is 2.26. The number of hydrogen-bond donors (Lipinski definition) is 1. The fraction of sp³-hybridized carbons (Fsp3) is 0. The van der Waals surface area contributed by atoms with Crippen molar-refractivity contribution in [1.29, 1.82) is 5.26 Å². The van der Waals surface area contributed by atoms with Crippen LogP contribution in [0, 0.1) is 11.3 Å². The third-order valence-corrected chi connectivity index (χ3v) is 3.92. The Bertz CT molecular complexity index is 1080. The number of rotatable bonds is 3. The van der Waals surface area contributed by atoms with Crippen molar-refractivity contribution in [1.82, 2.24) is 15.0 Å².